The van der Waals surface area contributed by atoms with Crippen molar-refractivity contribution < 1.29 is 14.3 Å². The summed E-state index contributed by atoms with van der Waals surface area (Å²) in [6, 6.07) is 0.509. The van der Waals surface area contributed by atoms with Crippen LogP contribution in [0.5, 0.6) is 0 Å². The third kappa shape index (κ3) is 4.57. The fourth-order valence-corrected chi connectivity index (χ4v) is 5.71. The van der Waals surface area contributed by atoms with Gasteiger partial charge in [0, 0.05) is 13.0 Å². The lowest BCUT2D eigenvalue weighted by molar-refractivity contribution is -0.149. The van der Waals surface area contributed by atoms with E-state index in [1.807, 2.05) is 6.92 Å². The zero-order chi connectivity index (χ0) is 21.1. The van der Waals surface area contributed by atoms with E-state index in [2.05, 4.69) is 16.5 Å². The van der Waals surface area contributed by atoms with Gasteiger partial charge >= 0.3 is 5.97 Å². The molecule has 0 unspecified atom stereocenters. The van der Waals surface area contributed by atoms with E-state index in [1.165, 1.54) is 43.4 Å². The maximum Gasteiger partial charge on any atom is 0.308 e. The number of fused-ring (bicyclic) bond motifs is 1. The van der Waals surface area contributed by atoms with Crippen LogP contribution in [0.1, 0.15) is 94.1 Å². The van der Waals surface area contributed by atoms with Crippen molar-refractivity contribution >= 4 is 11.9 Å². The summed E-state index contributed by atoms with van der Waals surface area (Å²) in [5, 5.41) is 4.90. The van der Waals surface area contributed by atoms with Crippen LogP contribution in [0.3, 0.4) is 0 Å². The zero-order valence-electron chi connectivity index (χ0n) is 18.7. The molecule has 6 heteroatoms. The molecular weight excluding hydrogens is 378 g/mol. The number of hydrogen-bond acceptors (Lipinski definition) is 4. The quantitative estimate of drug-likeness (QED) is 0.671. The van der Waals surface area contributed by atoms with Crippen molar-refractivity contribution in [2.24, 2.45) is 11.8 Å². The molecule has 0 bridgehead atoms. The third-order valence-electron chi connectivity index (χ3n) is 7.49. The summed E-state index contributed by atoms with van der Waals surface area (Å²) in [5.41, 5.74) is 3.81. The van der Waals surface area contributed by atoms with Gasteiger partial charge in [-0.2, -0.15) is 5.10 Å². The van der Waals surface area contributed by atoms with E-state index >= 15 is 0 Å². The molecule has 0 radical (unpaired) electrons. The van der Waals surface area contributed by atoms with Crippen LogP contribution in [-0.2, 0) is 27.3 Å². The summed E-state index contributed by atoms with van der Waals surface area (Å²) in [7, 11) is 0. The molecule has 4 rings (SSSR count). The van der Waals surface area contributed by atoms with Crippen LogP contribution in [0.25, 0.3) is 0 Å². The molecular formula is C24H37N3O3. The Hall–Kier alpha value is -1.85. The molecule has 30 heavy (non-hydrogen) atoms. The minimum atomic E-state index is -0.0582. The zero-order valence-corrected chi connectivity index (χ0v) is 18.7. The highest BCUT2D eigenvalue weighted by Gasteiger charge is 2.32. The molecule has 2 fully saturated rings. The highest BCUT2D eigenvalue weighted by Crippen LogP contribution is 2.34. The molecule has 1 amide bonds. The summed E-state index contributed by atoms with van der Waals surface area (Å²) in [4.78, 5) is 27.1. The van der Waals surface area contributed by atoms with E-state index in [-0.39, 0.29) is 17.8 Å². The number of nitrogens with zero attached hydrogens (tertiary/aromatic N) is 3. The predicted molar refractivity (Wildman–Crippen MR) is 115 cm³/mol. The molecule has 2 aliphatic carbocycles. The molecule has 0 saturated heterocycles. The van der Waals surface area contributed by atoms with Gasteiger partial charge in [0.1, 0.15) is 0 Å². The molecule has 0 aromatic carbocycles. The summed E-state index contributed by atoms with van der Waals surface area (Å²) < 4.78 is 7.44. The molecule has 2 heterocycles. The Morgan fingerprint density at radius 3 is 2.50 bits per heavy atom. The van der Waals surface area contributed by atoms with Crippen LogP contribution in [0.15, 0.2) is 0 Å². The number of hydrogen-bond donors (Lipinski definition) is 0. The Morgan fingerprint density at radius 2 is 1.80 bits per heavy atom. The number of carbonyl (C=O) groups excluding carboxylic acids is 2. The Balaban J connectivity index is 1.34. The first-order valence-corrected chi connectivity index (χ1v) is 12.1. The third-order valence-corrected chi connectivity index (χ3v) is 7.49. The molecule has 0 N–H and O–H groups in total. The van der Waals surface area contributed by atoms with Gasteiger partial charge in [-0.15, -0.1) is 0 Å². The Morgan fingerprint density at radius 1 is 1.07 bits per heavy atom. The van der Waals surface area contributed by atoms with Gasteiger partial charge in [0.25, 0.3) is 0 Å². The van der Waals surface area contributed by atoms with Gasteiger partial charge < -0.3 is 9.64 Å². The number of esters is 1. The standard InChI is InChI=1S/C24H37N3O3/c1-3-30-24(29)19-11-9-18(10-12-19)15-23(28)26-14-13-21-17(2)25-27(22(21)16-26)20-7-5-4-6-8-20/h18-20H,3-16H2,1-2H3/t18-,19-. The van der Waals surface area contributed by atoms with Crippen molar-refractivity contribution in [3.63, 3.8) is 0 Å². The first kappa shape index (κ1) is 21.4. The molecule has 1 aromatic heterocycles. The summed E-state index contributed by atoms with van der Waals surface area (Å²) >= 11 is 0. The summed E-state index contributed by atoms with van der Waals surface area (Å²) in [5.74, 6) is 0.641. The van der Waals surface area contributed by atoms with Gasteiger partial charge in [0.15, 0.2) is 0 Å². The fraction of sp³-hybridized carbons (Fsp3) is 0.792. The Bertz CT molecular complexity index is 758. The van der Waals surface area contributed by atoms with E-state index in [4.69, 9.17) is 9.84 Å². The van der Waals surface area contributed by atoms with E-state index in [9.17, 15) is 9.59 Å². The minimum Gasteiger partial charge on any atom is -0.466 e. The maximum atomic E-state index is 13.1. The Kier molecular flexibility index (Phi) is 6.79. The summed E-state index contributed by atoms with van der Waals surface area (Å²) in [6.45, 7) is 5.95. The molecule has 6 nitrogen and oxygen atoms in total. The summed E-state index contributed by atoms with van der Waals surface area (Å²) in [6.07, 6.45) is 11.5. The first-order valence-electron chi connectivity index (χ1n) is 12.1. The van der Waals surface area contributed by atoms with E-state index < -0.39 is 0 Å². The molecule has 0 spiro atoms. The van der Waals surface area contributed by atoms with Crippen molar-refractivity contribution in [3.05, 3.63) is 17.0 Å². The average Bonchev–Trinajstić information content (AvgIpc) is 3.11. The van der Waals surface area contributed by atoms with E-state index in [0.717, 1.165) is 44.3 Å². The van der Waals surface area contributed by atoms with Crippen LogP contribution < -0.4 is 0 Å². The van der Waals surface area contributed by atoms with Gasteiger partial charge in [0.2, 0.25) is 5.91 Å². The van der Waals surface area contributed by atoms with Gasteiger partial charge in [-0.25, -0.2) is 0 Å². The van der Waals surface area contributed by atoms with Gasteiger partial charge in [0.05, 0.1) is 36.5 Å². The van der Waals surface area contributed by atoms with Crippen molar-refractivity contribution in [2.75, 3.05) is 13.2 Å². The molecule has 0 atom stereocenters. The van der Waals surface area contributed by atoms with Crippen molar-refractivity contribution in [1.29, 1.82) is 0 Å². The fourth-order valence-electron chi connectivity index (χ4n) is 5.71. The molecule has 1 aliphatic heterocycles. The monoisotopic (exact) mass is 415 g/mol. The molecule has 3 aliphatic rings. The lowest BCUT2D eigenvalue weighted by Crippen LogP contribution is -2.38. The van der Waals surface area contributed by atoms with Crippen molar-refractivity contribution in [2.45, 2.75) is 97.1 Å². The number of amides is 1. The smallest absolute Gasteiger partial charge is 0.308 e. The second-order valence-corrected chi connectivity index (χ2v) is 9.49. The highest BCUT2D eigenvalue weighted by molar-refractivity contribution is 5.77. The van der Waals surface area contributed by atoms with Crippen molar-refractivity contribution in [3.8, 4) is 0 Å². The van der Waals surface area contributed by atoms with Crippen LogP contribution in [0, 0.1) is 18.8 Å². The van der Waals surface area contributed by atoms with E-state index in [1.54, 1.807) is 0 Å². The lowest BCUT2D eigenvalue weighted by atomic mass is 9.80. The predicted octanol–water partition coefficient (Wildman–Crippen LogP) is 4.34. The van der Waals surface area contributed by atoms with Crippen LogP contribution >= 0.6 is 0 Å². The minimum absolute atomic E-state index is 0.0293. The van der Waals surface area contributed by atoms with Gasteiger partial charge in [-0.05, 0) is 70.3 Å². The van der Waals surface area contributed by atoms with Crippen molar-refractivity contribution in [1.82, 2.24) is 14.7 Å². The number of aryl methyl sites for hydroxylation is 1. The SMILES string of the molecule is CCOC(=O)[C@H]1CC[C@H](CC(=O)N2CCc3c(C)nn(C4CCCCC4)c3C2)CC1. The van der Waals surface area contributed by atoms with Crippen LogP contribution in [-0.4, -0.2) is 39.7 Å². The maximum absolute atomic E-state index is 13.1. The number of ether oxygens (including phenoxy) is 1. The second kappa shape index (κ2) is 9.52. The largest absolute Gasteiger partial charge is 0.466 e. The van der Waals surface area contributed by atoms with Crippen LogP contribution in [0.2, 0.25) is 0 Å². The van der Waals surface area contributed by atoms with Gasteiger partial charge in [-0.3, -0.25) is 14.3 Å². The number of rotatable bonds is 5. The molecule has 2 saturated carbocycles. The number of aromatic nitrogens is 2. The highest BCUT2D eigenvalue weighted by atomic mass is 16.5. The topological polar surface area (TPSA) is 64.4 Å². The van der Waals surface area contributed by atoms with E-state index in [0.29, 0.717) is 31.5 Å². The second-order valence-electron chi connectivity index (χ2n) is 9.49. The van der Waals surface area contributed by atoms with Gasteiger partial charge in [-0.1, -0.05) is 19.3 Å². The molecule has 166 valence electrons. The van der Waals surface area contributed by atoms with Crippen LogP contribution in [0.4, 0.5) is 0 Å². The Labute approximate surface area is 180 Å². The number of carbonyl (C=O) groups is 2. The average molecular weight is 416 g/mol. The first-order chi connectivity index (χ1) is 14.6. The lowest BCUT2D eigenvalue weighted by Gasteiger charge is -2.33. The molecule has 1 aromatic rings. The normalized spacial score (nSPS) is 25.1.